The molecule has 1 aromatic heterocycles. The Labute approximate surface area is 145 Å². The number of amides is 1. The fourth-order valence-electron chi connectivity index (χ4n) is 2.94. The van der Waals surface area contributed by atoms with E-state index in [1.54, 1.807) is 12.1 Å². The molecule has 2 aromatic rings. The number of rotatable bonds is 3. The average molecular weight is 357 g/mol. The molecule has 1 aliphatic heterocycles. The molecule has 0 radical (unpaired) electrons. The third-order valence-electron chi connectivity index (χ3n) is 4.04. The molecule has 2 heterocycles. The van der Waals surface area contributed by atoms with E-state index < -0.39 is 0 Å². The van der Waals surface area contributed by atoms with Crippen LogP contribution in [0.4, 0.5) is 0 Å². The van der Waals surface area contributed by atoms with Crippen molar-refractivity contribution in [3.8, 4) is 0 Å². The summed E-state index contributed by atoms with van der Waals surface area (Å²) in [7, 11) is 0. The zero-order chi connectivity index (χ0) is 14.8. The SMILES string of the molecule is Cl.NC[C@@H]1CN(C(=O)c2ccc(Cl)s2)C[C@H]1c1ccccc1. The van der Waals surface area contributed by atoms with E-state index in [2.05, 4.69) is 12.1 Å². The van der Waals surface area contributed by atoms with Crippen molar-refractivity contribution in [2.24, 2.45) is 11.7 Å². The molecule has 1 saturated heterocycles. The number of likely N-dealkylation sites (tertiary alicyclic amines) is 1. The van der Waals surface area contributed by atoms with Crippen LogP contribution in [0.5, 0.6) is 0 Å². The van der Waals surface area contributed by atoms with Gasteiger partial charge in [-0.25, -0.2) is 0 Å². The maximum Gasteiger partial charge on any atom is 0.264 e. The Morgan fingerprint density at radius 3 is 2.55 bits per heavy atom. The first-order valence-electron chi connectivity index (χ1n) is 6.98. The third-order valence-corrected chi connectivity index (χ3v) is 5.26. The van der Waals surface area contributed by atoms with Gasteiger partial charge in [0.25, 0.3) is 5.91 Å². The summed E-state index contributed by atoms with van der Waals surface area (Å²) < 4.78 is 0.646. The predicted octanol–water partition coefficient (Wildman–Crippen LogP) is 3.64. The Bertz CT molecular complexity index is 632. The molecule has 22 heavy (non-hydrogen) atoms. The summed E-state index contributed by atoms with van der Waals surface area (Å²) in [4.78, 5) is 15.1. The van der Waals surface area contributed by atoms with Gasteiger partial charge in [-0.05, 0) is 30.2 Å². The van der Waals surface area contributed by atoms with Gasteiger partial charge in [0.15, 0.2) is 0 Å². The molecule has 118 valence electrons. The highest BCUT2D eigenvalue weighted by Gasteiger charge is 2.35. The summed E-state index contributed by atoms with van der Waals surface area (Å²) in [6.45, 7) is 2.03. The lowest BCUT2D eigenvalue weighted by Crippen LogP contribution is -2.29. The third kappa shape index (κ3) is 3.46. The number of carbonyl (C=O) groups excluding carboxylic acids is 1. The number of benzene rings is 1. The summed E-state index contributed by atoms with van der Waals surface area (Å²) >= 11 is 7.25. The van der Waals surface area contributed by atoms with Gasteiger partial charge in [-0.15, -0.1) is 23.7 Å². The predicted molar refractivity (Wildman–Crippen MR) is 94.2 cm³/mol. The number of halogens is 2. The number of nitrogens with zero attached hydrogens (tertiary/aromatic N) is 1. The van der Waals surface area contributed by atoms with Gasteiger partial charge in [0.2, 0.25) is 0 Å². The smallest absolute Gasteiger partial charge is 0.264 e. The molecule has 3 nitrogen and oxygen atoms in total. The second-order valence-corrected chi connectivity index (χ2v) is 7.04. The summed E-state index contributed by atoms with van der Waals surface area (Å²) in [6, 6.07) is 13.9. The first-order chi connectivity index (χ1) is 10.2. The molecule has 2 atom stereocenters. The van der Waals surface area contributed by atoms with Crippen molar-refractivity contribution >= 4 is 41.3 Å². The summed E-state index contributed by atoms with van der Waals surface area (Å²) in [5.41, 5.74) is 7.17. The van der Waals surface area contributed by atoms with E-state index in [1.165, 1.54) is 16.9 Å². The molecular formula is C16H18Cl2N2OS. The second-order valence-electron chi connectivity index (χ2n) is 5.33. The minimum absolute atomic E-state index is 0. The number of thiophene rings is 1. The first kappa shape index (κ1) is 17.3. The highest BCUT2D eigenvalue weighted by molar-refractivity contribution is 7.17. The van der Waals surface area contributed by atoms with Crippen LogP contribution >= 0.6 is 35.3 Å². The Kier molecular flexibility index (Phi) is 5.87. The largest absolute Gasteiger partial charge is 0.337 e. The van der Waals surface area contributed by atoms with E-state index in [9.17, 15) is 4.79 Å². The van der Waals surface area contributed by atoms with Crippen LogP contribution in [0.1, 0.15) is 21.2 Å². The number of hydrogen-bond donors (Lipinski definition) is 1. The summed E-state index contributed by atoms with van der Waals surface area (Å²) in [6.07, 6.45) is 0. The highest BCUT2D eigenvalue weighted by atomic mass is 35.5. The van der Waals surface area contributed by atoms with Crippen LogP contribution in [-0.4, -0.2) is 30.4 Å². The molecule has 0 unspecified atom stereocenters. The summed E-state index contributed by atoms with van der Waals surface area (Å²) in [5, 5.41) is 0. The molecule has 3 rings (SSSR count). The Morgan fingerprint density at radius 2 is 1.95 bits per heavy atom. The van der Waals surface area contributed by atoms with Crippen molar-refractivity contribution in [2.75, 3.05) is 19.6 Å². The van der Waals surface area contributed by atoms with Gasteiger partial charge in [0, 0.05) is 19.0 Å². The Morgan fingerprint density at radius 1 is 1.23 bits per heavy atom. The zero-order valence-electron chi connectivity index (χ0n) is 11.9. The van der Waals surface area contributed by atoms with Gasteiger partial charge in [-0.1, -0.05) is 41.9 Å². The van der Waals surface area contributed by atoms with Gasteiger partial charge < -0.3 is 10.6 Å². The zero-order valence-corrected chi connectivity index (χ0v) is 14.3. The van der Waals surface area contributed by atoms with Crippen LogP contribution in [0, 0.1) is 5.92 Å². The molecule has 0 bridgehead atoms. The van der Waals surface area contributed by atoms with E-state index in [4.69, 9.17) is 17.3 Å². The van der Waals surface area contributed by atoms with Gasteiger partial charge in [-0.2, -0.15) is 0 Å². The van der Waals surface area contributed by atoms with E-state index >= 15 is 0 Å². The van der Waals surface area contributed by atoms with Crippen molar-refractivity contribution < 1.29 is 4.79 Å². The van der Waals surface area contributed by atoms with Gasteiger partial charge >= 0.3 is 0 Å². The van der Waals surface area contributed by atoms with Crippen LogP contribution < -0.4 is 5.73 Å². The lowest BCUT2D eigenvalue weighted by Gasteiger charge is -2.16. The van der Waals surface area contributed by atoms with Gasteiger partial charge in [0.1, 0.15) is 0 Å². The molecule has 2 N–H and O–H groups in total. The van der Waals surface area contributed by atoms with Gasteiger partial charge in [-0.3, -0.25) is 4.79 Å². The van der Waals surface area contributed by atoms with E-state index in [0.29, 0.717) is 34.1 Å². The fourth-order valence-corrected chi connectivity index (χ4v) is 3.95. The molecule has 1 amide bonds. The van der Waals surface area contributed by atoms with Crippen molar-refractivity contribution in [3.63, 3.8) is 0 Å². The van der Waals surface area contributed by atoms with Crippen molar-refractivity contribution in [2.45, 2.75) is 5.92 Å². The lowest BCUT2D eigenvalue weighted by molar-refractivity contribution is 0.0791. The van der Waals surface area contributed by atoms with Crippen molar-refractivity contribution in [1.29, 1.82) is 0 Å². The average Bonchev–Trinajstić information content (AvgIpc) is 3.13. The highest BCUT2D eigenvalue weighted by Crippen LogP contribution is 2.33. The fraction of sp³-hybridized carbons (Fsp3) is 0.312. The number of carbonyl (C=O) groups is 1. The molecule has 0 spiro atoms. The number of hydrogen-bond acceptors (Lipinski definition) is 3. The van der Waals surface area contributed by atoms with Crippen LogP contribution in [0.15, 0.2) is 42.5 Å². The van der Waals surface area contributed by atoms with Crippen LogP contribution in [-0.2, 0) is 0 Å². The molecular weight excluding hydrogens is 339 g/mol. The Hall–Kier alpha value is -1.07. The van der Waals surface area contributed by atoms with Crippen LogP contribution in [0.25, 0.3) is 0 Å². The minimum Gasteiger partial charge on any atom is -0.337 e. The van der Waals surface area contributed by atoms with E-state index in [-0.39, 0.29) is 18.3 Å². The topological polar surface area (TPSA) is 46.3 Å². The van der Waals surface area contributed by atoms with Crippen LogP contribution in [0.3, 0.4) is 0 Å². The van der Waals surface area contributed by atoms with E-state index in [1.807, 2.05) is 23.1 Å². The lowest BCUT2D eigenvalue weighted by atomic mass is 9.89. The molecule has 1 fully saturated rings. The molecule has 0 aliphatic carbocycles. The maximum atomic E-state index is 12.5. The standard InChI is InChI=1S/C16H17ClN2OS.ClH/c17-15-7-6-14(21-15)16(20)19-9-12(8-18)13(10-19)11-4-2-1-3-5-11;/h1-7,12-13H,8-10,18H2;1H/t12-,13+;/m1./s1. The molecule has 0 saturated carbocycles. The maximum absolute atomic E-state index is 12.5. The summed E-state index contributed by atoms with van der Waals surface area (Å²) in [5.74, 6) is 0.686. The first-order valence-corrected chi connectivity index (χ1v) is 8.18. The number of nitrogens with two attached hydrogens (primary N) is 1. The second kappa shape index (κ2) is 7.47. The molecule has 1 aromatic carbocycles. The monoisotopic (exact) mass is 356 g/mol. The van der Waals surface area contributed by atoms with Crippen LogP contribution in [0.2, 0.25) is 4.34 Å². The Balaban J connectivity index is 0.00000176. The minimum atomic E-state index is 0. The van der Waals surface area contributed by atoms with E-state index in [0.717, 1.165) is 6.54 Å². The van der Waals surface area contributed by atoms with Gasteiger partial charge in [0.05, 0.1) is 9.21 Å². The quantitative estimate of drug-likeness (QED) is 0.912. The van der Waals surface area contributed by atoms with Crippen molar-refractivity contribution in [1.82, 2.24) is 4.90 Å². The molecule has 1 aliphatic rings. The van der Waals surface area contributed by atoms with Crippen molar-refractivity contribution in [3.05, 3.63) is 57.2 Å². The normalized spacial score (nSPS) is 20.7. The molecule has 6 heteroatoms.